The lowest BCUT2D eigenvalue weighted by molar-refractivity contribution is 0.0792. The van der Waals surface area contributed by atoms with Gasteiger partial charge in [0.2, 0.25) is 11.9 Å². The number of H-pyrrole nitrogens is 1. The summed E-state index contributed by atoms with van der Waals surface area (Å²) in [7, 11) is 1.06. The molecule has 0 saturated carbocycles. The molecule has 416 valence electrons. The predicted molar refractivity (Wildman–Crippen MR) is 305 cm³/mol. The number of anilines is 4. The molecular formula is C52H81Cl3N12O5S2Si. The summed E-state index contributed by atoms with van der Waals surface area (Å²) < 4.78 is 59.1. The van der Waals surface area contributed by atoms with Crippen molar-refractivity contribution in [3.05, 3.63) is 56.6 Å². The van der Waals surface area contributed by atoms with Gasteiger partial charge in [0.25, 0.3) is 29.4 Å². The summed E-state index contributed by atoms with van der Waals surface area (Å²) in [4.78, 5) is 13.6. The fourth-order valence-electron chi connectivity index (χ4n) is 13.3. The number of fused-ring (bicyclic) bond motifs is 4. The molecule has 17 nitrogen and oxygen atoms in total. The number of hydrogen-bond donors (Lipinski definition) is 4. The van der Waals surface area contributed by atoms with Crippen LogP contribution in [0, 0.1) is 0 Å². The number of ether oxygens (including phenoxy) is 1. The van der Waals surface area contributed by atoms with Gasteiger partial charge in [0.1, 0.15) is 6.73 Å². The van der Waals surface area contributed by atoms with Crippen molar-refractivity contribution < 1.29 is 21.6 Å². The third-order valence-corrected chi connectivity index (χ3v) is 22.1. The van der Waals surface area contributed by atoms with Crippen LogP contribution in [-0.2, 0) is 81.9 Å². The zero-order valence-electron chi connectivity index (χ0n) is 44.8. The SMILES string of the molecule is CN1CCCC12CCN(S(=O)(=O)c1nc(Nc3c4c(cc5c3CCC5)CCC4)n[nH]1)CC2.CN1CCCC12CCNCC2.C[Si](C)(C)CCOCn1nc(S(=O)(=O)Cl)nc1Nc1c2c(cc3c1CCC3)CCC2.Cl.Cl. The summed E-state index contributed by atoms with van der Waals surface area (Å²) in [6.07, 6.45) is 22.9. The molecule has 12 rings (SSSR count). The second kappa shape index (κ2) is 23.8. The minimum atomic E-state index is -4.03. The van der Waals surface area contributed by atoms with E-state index in [0.717, 1.165) is 101 Å². The Kier molecular flexibility index (Phi) is 18.5. The number of rotatable bonds is 12. The number of benzene rings is 2. The van der Waals surface area contributed by atoms with E-state index in [4.69, 9.17) is 15.4 Å². The molecule has 4 aliphatic heterocycles. The van der Waals surface area contributed by atoms with Gasteiger partial charge < -0.3 is 30.5 Å². The Morgan fingerprint density at radius 1 is 0.667 bits per heavy atom. The van der Waals surface area contributed by atoms with Gasteiger partial charge in [-0.15, -0.1) is 35.0 Å². The summed E-state index contributed by atoms with van der Waals surface area (Å²) in [5, 5.41) is 20.9. The Morgan fingerprint density at radius 2 is 1.16 bits per heavy atom. The number of sulfonamides is 1. The van der Waals surface area contributed by atoms with E-state index in [1.54, 1.807) is 4.31 Å². The van der Waals surface area contributed by atoms with Gasteiger partial charge in [-0.2, -0.15) is 14.3 Å². The summed E-state index contributed by atoms with van der Waals surface area (Å²) in [6, 6.07) is 5.76. The van der Waals surface area contributed by atoms with Gasteiger partial charge in [0, 0.05) is 60.9 Å². The first kappa shape index (κ1) is 58.3. The Hall–Kier alpha value is -2.89. The fourth-order valence-corrected chi connectivity index (χ4v) is 15.9. The van der Waals surface area contributed by atoms with Crippen molar-refractivity contribution in [2.75, 3.05) is 70.6 Å². The number of nitrogens with one attached hydrogen (secondary N) is 4. The zero-order chi connectivity index (χ0) is 51.2. The quantitative estimate of drug-likeness (QED) is 0.0598. The zero-order valence-corrected chi connectivity index (χ0v) is 49.8. The summed E-state index contributed by atoms with van der Waals surface area (Å²) in [5.41, 5.74) is 14.0. The van der Waals surface area contributed by atoms with Crippen molar-refractivity contribution in [3.8, 4) is 0 Å². The molecular weight excluding hydrogens is 1070 g/mol. The van der Waals surface area contributed by atoms with Crippen LogP contribution in [0.3, 0.4) is 0 Å². The number of piperidine rings is 2. The highest BCUT2D eigenvalue weighted by atomic mass is 35.7. The molecule has 4 fully saturated rings. The molecule has 23 heteroatoms. The summed E-state index contributed by atoms with van der Waals surface area (Å²) in [6.45, 7) is 13.5. The molecule has 0 bridgehead atoms. The molecule has 2 spiro atoms. The van der Waals surface area contributed by atoms with E-state index in [2.05, 4.69) is 96.9 Å². The fraction of sp³-hybridized carbons (Fsp3) is 0.692. The van der Waals surface area contributed by atoms with Crippen LogP contribution in [0.25, 0.3) is 0 Å². The largest absolute Gasteiger partial charge is 0.359 e. The van der Waals surface area contributed by atoms with Crippen molar-refractivity contribution >= 4 is 85.9 Å². The minimum Gasteiger partial charge on any atom is -0.359 e. The van der Waals surface area contributed by atoms with Crippen molar-refractivity contribution in [2.24, 2.45) is 0 Å². The Bertz CT molecular complexity index is 2820. The van der Waals surface area contributed by atoms with Gasteiger partial charge in [0.15, 0.2) is 0 Å². The van der Waals surface area contributed by atoms with Crippen molar-refractivity contribution in [3.63, 3.8) is 0 Å². The van der Waals surface area contributed by atoms with Gasteiger partial charge in [-0.1, -0.05) is 31.8 Å². The molecule has 2 aromatic carbocycles. The van der Waals surface area contributed by atoms with Gasteiger partial charge in [-0.3, -0.25) is 0 Å². The number of nitrogens with zero attached hydrogens (tertiary/aromatic N) is 8. The molecule has 0 amide bonds. The van der Waals surface area contributed by atoms with E-state index in [1.807, 2.05) is 0 Å². The second-order valence-electron chi connectivity index (χ2n) is 23.3. The molecule has 0 unspecified atom stereocenters. The normalized spacial score (nSPS) is 20.8. The maximum absolute atomic E-state index is 13.3. The first-order chi connectivity index (χ1) is 34.9. The third kappa shape index (κ3) is 12.6. The van der Waals surface area contributed by atoms with Crippen molar-refractivity contribution in [1.82, 2.24) is 49.4 Å². The molecule has 75 heavy (non-hydrogen) atoms. The van der Waals surface area contributed by atoms with Crippen LogP contribution in [0.5, 0.6) is 0 Å². The molecule has 4 aromatic rings. The lowest BCUT2D eigenvalue weighted by Gasteiger charge is -2.42. The molecule has 4 aliphatic carbocycles. The number of aromatic nitrogens is 6. The summed E-state index contributed by atoms with van der Waals surface area (Å²) >= 11 is 0. The predicted octanol–water partition coefficient (Wildman–Crippen LogP) is 8.69. The Morgan fingerprint density at radius 3 is 1.63 bits per heavy atom. The van der Waals surface area contributed by atoms with E-state index < -0.39 is 32.3 Å². The standard InChI is InChI=1S/C23H32N6O2S.C20H29ClN4O3SSi.C9H18N2.2ClH/c1-28-12-4-9-23(28)10-13-29(14-11-23)32(30,31)22-25-21(26-27-22)24-20-18-7-2-5-16(18)15-17-6-3-8-19(17)20;1-30(2,3)11-10-28-13-25-19(23-20(24-25)29(21,26)27)22-18-16-8-4-6-14(16)12-15-7-5-9-17(15)18;1-11-8-2-3-9(11)4-6-10-7-5-9;;/h15H,2-14H2,1H3,(H2,24,25,26,27);12H,4-11,13H2,1-3H3,(H,22,23,24);10H,2-8H2,1H3;2*1H. The Balaban J connectivity index is 0.000000162. The molecule has 6 heterocycles. The smallest absolute Gasteiger partial charge is 0.298 e. The van der Waals surface area contributed by atoms with Crippen molar-refractivity contribution in [1.29, 1.82) is 0 Å². The Labute approximate surface area is 463 Å². The van der Waals surface area contributed by atoms with E-state index in [-0.39, 0.29) is 42.2 Å². The highest BCUT2D eigenvalue weighted by molar-refractivity contribution is 8.13. The number of halogens is 3. The number of aryl methyl sites for hydroxylation is 4. The van der Waals surface area contributed by atoms with Crippen LogP contribution < -0.4 is 16.0 Å². The molecule has 0 atom stereocenters. The first-order valence-corrected chi connectivity index (χ1v) is 34.8. The van der Waals surface area contributed by atoms with E-state index in [0.29, 0.717) is 37.1 Å². The molecule has 4 N–H and O–H groups in total. The highest BCUT2D eigenvalue weighted by Crippen LogP contribution is 2.43. The molecule has 8 aliphatic rings. The molecule has 2 aromatic heterocycles. The van der Waals surface area contributed by atoms with Gasteiger partial charge in [-0.25, -0.2) is 26.6 Å². The molecule has 4 saturated heterocycles. The van der Waals surface area contributed by atoms with E-state index in [9.17, 15) is 16.8 Å². The third-order valence-electron chi connectivity index (χ3n) is 17.6. The van der Waals surface area contributed by atoms with Crippen LogP contribution in [0.4, 0.5) is 23.3 Å². The average Bonchev–Trinajstić information content (AvgIpc) is 4.21. The first-order valence-electron chi connectivity index (χ1n) is 27.3. The van der Waals surface area contributed by atoms with E-state index >= 15 is 0 Å². The number of likely N-dealkylation sites (tertiary alicyclic amines) is 2. The minimum absolute atomic E-state index is 0. The maximum Gasteiger partial charge on any atom is 0.298 e. The second-order valence-corrected chi connectivity index (χ2v) is 33.3. The van der Waals surface area contributed by atoms with Crippen LogP contribution in [0.2, 0.25) is 25.7 Å². The van der Waals surface area contributed by atoms with Crippen molar-refractivity contribution in [2.45, 2.75) is 182 Å². The molecule has 0 radical (unpaired) electrons. The summed E-state index contributed by atoms with van der Waals surface area (Å²) in [5.74, 6) is 0.707. The van der Waals surface area contributed by atoms with Crippen LogP contribution in [0.1, 0.15) is 122 Å². The van der Waals surface area contributed by atoms with Crippen LogP contribution in [0.15, 0.2) is 22.4 Å². The van der Waals surface area contributed by atoms with E-state index in [1.165, 1.54) is 120 Å². The van der Waals surface area contributed by atoms with Crippen LogP contribution in [-0.4, -0.2) is 140 Å². The van der Waals surface area contributed by atoms with Gasteiger partial charge in [-0.05, 0) is 219 Å². The topological polar surface area (TPSA) is 196 Å². The number of hydrogen-bond acceptors (Lipinski definition) is 14. The highest BCUT2D eigenvalue weighted by Gasteiger charge is 2.44. The van der Waals surface area contributed by atoms with Crippen LogP contribution >= 0.6 is 35.5 Å². The monoisotopic (exact) mass is 1150 g/mol. The van der Waals surface area contributed by atoms with Gasteiger partial charge in [0.05, 0.1) is 0 Å². The lowest BCUT2D eigenvalue weighted by atomic mass is 9.86. The lowest BCUT2D eigenvalue weighted by Crippen LogP contribution is -2.52. The average molecular weight is 1150 g/mol. The number of aromatic amines is 1. The maximum atomic E-state index is 13.3. The van der Waals surface area contributed by atoms with Gasteiger partial charge >= 0.3 is 0 Å².